The molecule has 5 rings (SSSR count). The Morgan fingerprint density at radius 3 is 0.925 bits per heavy atom. The Kier molecular flexibility index (Phi) is 7.53. The Bertz CT molecular complexity index is 1370. The minimum absolute atomic E-state index is 0.232. The SMILES string of the molecule is COc1cc2c(O)c(c1)Cc1cc(C)cc(c1OC)Cc1cc(OC)cc(c1O)Cc1cc(C)cc(c1OC)C2. The van der Waals surface area contributed by atoms with Crippen LogP contribution in [0.2, 0.25) is 0 Å². The van der Waals surface area contributed by atoms with Gasteiger partial charge in [-0.25, -0.2) is 0 Å². The molecule has 208 valence electrons. The van der Waals surface area contributed by atoms with E-state index in [4.69, 9.17) is 18.9 Å². The van der Waals surface area contributed by atoms with Gasteiger partial charge in [-0.2, -0.15) is 0 Å². The molecule has 0 saturated heterocycles. The molecule has 0 aliphatic heterocycles. The summed E-state index contributed by atoms with van der Waals surface area (Å²) in [4.78, 5) is 0. The van der Waals surface area contributed by atoms with Crippen LogP contribution < -0.4 is 18.9 Å². The van der Waals surface area contributed by atoms with E-state index in [2.05, 4.69) is 24.3 Å². The summed E-state index contributed by atoms with van der Waals surface area (Å²) in [6, 6.07) is 15.8. The van der Waals surface area contributed by atoms with E-state index in [-0.39, 0.29) is 11.5 Å². The second-order valence-corrected chi connectivity index (χ2v) is 10.5. The lowest BCUT2D eigenvalue weighted by Gasteiger charge is -2.21. The van der Waals surface area contributed by atoms with Crippen molar-refractivity contribution in [3.63, 3.8) is 0 Å². The fourth-order valence-electron chi connectivity index (χ4n) is 5.96. The number of phenolic OH excluding ortho intramolecular Hbond substituents is 2. The highest BCUT2D eigenvalue weighted by molar-refractivity contribution is 5.58. The van der Waals surface area contributed by atoms with E-state index in [0.717, 1.165) is 67.1 Å². The first kappa shape index (κ1) is 27.3. The van der Waals surface area contributed by atoms with Gasteiger partial charge in [0, 0.05) is 47.9 Å². The van der Waals surface area contributed by atoms with Gasteiger partial charge in [0.1, 0.15) is 34.5 Å². The zero-order valence-electron chi connectivity index (χ0n) is 24.0. The largest absolute Gasteiger partial charge is 0.507 e. The van der Waals surface area contributed by atoms with Crippen LogP contribution in [-0.4, -0.2) is 38.7 Å². The molecule has 0 aromatic heterocycles. The minimum Gasteiger partial charge on any atom is -0.507 e. The summed E-state index contributed by atoms with van der Waals surface area (Å²) < 4.78 is 23.2. The van der Waals surface area contributed by atoms with Gasteiger partial charge < -0.3 is 29.2 Å². The Labute approximate surface area is 235 Å². The van der Waals surface area contributed by atoms with Crippen molar-refractivity contribution >= 4 is 0 Å². The average molecular weight is 541 g/mol. The Balaban J connectivity index is 1.82. The Morgan fingerprint density at radius 1 is 0.425 bits per heavy atom. The molecule has 0 fully saturated rings. The number of ether oxygens (including phenoxy) is 4. The summed E-state index contributed by atoms with van der Waals surface area (Å²) in [6.07, 6.45) is 1.78. The van der Waals surface area contributed by atoms with Gasteiger partial charge in [-0.1, -0.05) is 35.4 Å². The maximum atomic E-state index is 11.5. The predicted octanol–water partition coefficient (Wildman–Crippen LogP) is 6.43. The topological polar surface area (TPSA) is 77.4 Å². The molecule has 2 N–H and O–H groups in total. The van der Waals surface area contributed by atoms with E-state index in [0.29, 0.717) is 37.2 Å². The standard InChI is InChI=1S/C34H36O6/c1-19-7-25-11-21-15-29(37-3)17-23(31(21)35)13-27-9-20(2)10-28(34(27)40-6)14-24-18-30(38-4)16-22(32(24)36)12-26(8-19)33(25)39-5/h7-10,15-18,35-36H,11-14H2,1-6H3. The highest BCUT2D eigenvalue weighted by Crippen LogP contribution is 2.41. The number of hydrogen-bond donors (Lipinski definition) is 2. The molecule has 0 unspecified atom stereocenters. The molecule has 0 amide bonds. The maximum Gasteiger partial charge on any atom is 0.125 e. The third-order valence-electron chi connectivity index (χ3n) is 7.66. The van der Waals surface area contributed by atoms with E-state index in [1.54, 1.807) is 28.4 Å². The summed E-state index contributed by atoms with van der Waals surface area (Å²) in [5, 5.41) is 23.0. The van der Waals surface area contributed by atoms with Gasteiger partial charge in [0.25, 0.3) is 0 Å². The van der Waals surface area contributed by atoms with Crippen molar-refractivity contribution in [2.24, 2.45) is 0 Å². The van der Waals surface area contributed by atoms with Crippen LogP contribution in [0, 0.1) is 13.8 Å². The van der Waals surface area contributed by atoms with Crippen LogP contribution in [0.3, 0.4) is 0 Å². The molecule has 40 heavy (non-hydrogen) atoms. The summed E-state index contributed by atoms with van der Waals surface area (Å²) in [5.41, 5.74) is 8.87. The van der Waals surface area contributed by atoms with E-state index in [1.807, 2.05) is 38.1 Å². The van der Waals surface area contributed by atoms with E-state index in [9.17, 15) is 10.2 Å². The number of aryl methyl sites for hydroxylation is 2. The van der Waals surface area contributed by atoms with Crippen molar-refractivity contribution in [1.29, 1.82) is 0 Å². The maximum absolute atomic E-state index is 11.5. The van der Waals surface area contributed by atoms with E-state index < -0.39 is 0 Å². The van der Waals surface area contributed by atoms with Crippen LogP contribution in [0.25, 0.3) is 0 Å². The van der Waals surface area contributed by atoms with Gasteiger partial charge in [-0.3, -0.25) is 0 Å². The van der Waals surface area contributed by atoms with Crippen molar-refractivity contribution in [2.45, 2.75) is 39.5 Å². The molecular formula is C34H36O6. The number of rotatable bonds is 4. The molecule has 0 heterocycles. The smallest absolute Gasteiger partial charge is 0.125 e. The van der Waals surface area contributed by atoms with Gasteiger partial charge in [0.15, 0.2) is 0 Å². The second-order valence-electron chi connectivity index (χ2n) is 10.5. The van der Waals surface area contributed by atoms with Gasteiger partial charge in [0.05, 0.1) is 28.4 Å². The number of methoxy groups -OCH3 is 4. The molecule has 6 nitrogen and oxygen atoms in total. The van der Waals surface area contributed by atoms with E-state index >= 15 is 0 Å². The summed E-state index contributed by atoms with van der Waals surface area (Å²) >= 11 is 0. The van der Waals surface area contributed by atoms with Gasteiger partial charge in [0.2, 0.25) is 0 Å². The minimum atomic E-state index is 0.232. The quantitative estimate of drug-likeness (QED) is 0.274. The predicted molar refractivity (Wildman–Crippen MR) is 156 cm³/mol. The molecule has 1 aliphatic carbocycles. The molecule has 1 aliphatic rings. The van der Waals surface area contributed by atoms with Gasteiger partial charge >= 0.3 is 0 Å². The highest BCUT2D eigenvalue weighted by Gasteiger charge is 2.22. The second kappa shape index (κ2) is 11.0. The molecule has 0 radical (unpaired) electrons. The first-order valence-electron chi connectivity index (χ1n) is 13.3. The Morgan fingerprint density at radius 2 is 0.700 bits per heavy atom. The van der Waals surface area contributed by atoms with Crippen LogP contribution in [0.15, 0.2) is 48.5 Å². The van der Waals surface area contributed by atoms with E-state index in [1.165, 1.54) is 0 Å². The van der Waals surface area contributed by atoms with Crippen LogP contribution in [0.4, 0.5) is 0 Å². The zero-order valence-corrected chi connectivity index (χ0v) is 24.0. The number of benzene rings is 4. The molecule has 8 bridgehead atoms. The fraction of sp³-hybridized carbons (Fsp3) is 0.294. The Hall–Kier alpha value is -4.32. The third kappa shape index (κ3) is 5.14. The lowest BCUT2D eigenvalue weighted by molar-refractivity contribution is 0.400. The molecular weight excluding hydrogens is 504 g/mol. The van der Waals surface area contributed by atoms with Crippen LogP contribution in [-0.2, 0) is 25.7 Å². The fourth-order valence-corrected chi connectivity index (χ4v) is 5.96. The van der Waals surface area contributed by atoms with Crippen LogP contribution in [0.1, 0.15) is 55.6 Å². The normalized spacial score (nSPS) is 12.6. The molecule has 4 aromatic carbocycles. The number of fused-ring (bicyclic) bond motifs is 8. The molecule has 0 saturated carbocycles. The summed E-state index contributed by atoms with van der Waals surface area (Å²) in [6.45, 7) is 4.08. The first-order valence-corrected chi connectivity index (χ1v) is 13.3. The molecule has 0 atom stereocenters. The van der Waals surface area contributed by atoms with Crippen molar-refractivity contribution in [3.8, 4) is 34.5 Å². The highest BCUT2D eigenvalue weighted by atomic mass is 16.5. The van der Waals surface area contributed by atoms with Crippen molar-refractivity contribution in [2.75, 3.05) is 28.4 Å². The van der Waals surface area contributed by atoms with Crippen molar-refractivity contribution in [1.82, 2.24) is 0 Å². The molecule has 6 heteroatoms. The third-order valence-corrected chi connectivity index (χ3v) is 7.66. The molecule has 4 aromatic rings. The van der Waals surface area contributed by atoms with Gasteiger partial charge in [-0.15, -0.1) is 0 Å². The number of aromatic hydroxyl groups is 2. The zero-order chi connectivity index (χ0) is 28.6. The van der Waals surface area contributed by atoms with Gasteiger partial charge in [-0.05, 0) is 60.4 Å². The average Bonchev–Trinajstić information content (AvgIpc) is 2.92. The lowest BCUT2D eigenvalue weighted by Crippen LogP contribution is -2.05. The number of phenols is 2. The first-order chi connectivity index (χ1) is 19.2. The lowest BCUT2D eigenvalue weighted by atomic mass is 9.89. The summed E-state index contributed by atoms with van der Waals surface area (Å²) in [7, 11) is 6.59. The van der Waals surface area contributed by atoms with Crippen molar-refractivity contribution in [3.05, 3.63) is 104 Å². The number of hydrogen-bond acceptors (Lipinski definition) is 6. The van der Waals surface area contributed by atoms with Crippen LogP contribution >= 0.6 is 0 Å². The van der Waals surface area contributed by atoms with Crippen molar-refractivity contribution < 1.29 is 29.2 Å². The summed E-state index contributed by atoms with van der Waals surface area (Å²) in [5.74, 6) is 3.27. The monoisotopic (exact) mass is 540 g/mol. The van der Waals surface area contributed by atoms with Crippen LogP contribution in [0.5, 0.6) is 34.5 Å². The molecule has 0 spiro atoms.